The number of hydrogen-bond donors (Lipinski definition) is 2. The van der Waals surface area contributed by atoms with Crippen molar-refractivity contribution in [1.82, 2.24) is 10.6 Å². The first kappa shape index (κ1) is 11.8. The van der Waals surface area contributed by atoms with Gasteiger partial charge in [-0.15, -0.1) is 0 Å². The standard InChI is InChI=1S/C12H21N3S/c1-11(2)5-8-6-12(3,7-11)9(14-8)15-10(16)13-4/h8H,5-7H2,1-4H3,(H2,13,14,15,16). The molecule has 0 amide bonds. The summed E-state index contributed by atoms with van der Waals surface area (Å²) < 4.78 is 0. The van der Waals surface area contributed by atoms with Gasteiger partial charge in [-0.05, 0) is 36.9 Å². The highest BCUT2D eigenvalue weighted by Gasteiger charge is 2.48. The second kappa shape index (κ2) is 3.69. The van der Waals surface area contributed by atoms with Crippen molar-refractivity contribution < 1.29 is 0 Å². The molecule has 1 heterocycles. The minimum atomic E-state index is 0.188. The fraction of sp³-hybridized carbons (Fsp3) is 0.833. The highest BCUT2D eigenvalue weighted by Crippen LogP contribution is 2.51. The molecule has 0 spiro atoms. The molecule has 16 heavy (non-hydrogen) atoms. The Kier molecular flexibility index (Phi) is 2.73. The van der Waals surface area contributed by atoms with Crippen LogP contribution in [0, 0.1) is 10.8 Å². The molecule has 0 saturated heterocycles. The topological polar surface area (TPSA) is 36.4 Å². The highest BCUT2D eigenvalue weighted by atomic mass is 32.1. The molecular weight excluding hydrogens is 218 g/mol. The Balaban J connectivity index is 2.17. The Morgan fingerprint density at radius 2 is 2.06 bits per heavy atom. The van der Waals surface area contributed by atoms with E-state index < -0.39 is 0 Å². The number of aliphatic imine (C=N–C) groups is 1. The van der Waals surface area contributed by atoms with Gasteiger partial charge in [-0.1, -0.05) is 20.8 Å². The Labute approximate surface area is 103 Å². The van der Waals surface area contributed by atoms with Gasteiger partial charge in [0.25, 0.3) is 0 Å². The number of rotatable bonds is 0. The van der Waals surface area contributed by atoms with Crippen molar-refractivity contribution in [3.63, 3.8) is 0 Å². The molecule has 4 heteroatoms. The molecule has 1 aliphatic carbocycles. The molecule has 1 fully saturated rings. The van der Waals surface area contributed by atoms with Crippen LogP contribution in [0.4, 0.5) is 0 Å². The van der Waals surface area contributed by atoms with Crippen molar-refractivity contribution in [1.29, 1.82) is 0 Å². The van der Waals surface area contributed by atoms with Gasteiger partial charge in [-0.25, -0.2) is 0 Å². The third-order valence-electron chi connectivity index (χ3n) is 3.69. The van der Waals surface area contributed by atoms with E-state index in [2.05, 4.69) is 31.4 Å². The highest BCUT2D eigenvalue weighted by molar-refractivity contribution is 7.80. The largest absolute Gasteiger partial charge is 0.365 e. The monoisotopic (exact) mass is 239 g/mol. The van der Waals surface area contributed by atoms with E-state index in [1.54, 1.807) is 0 Å². The summed E-state index contributed by atoms with van der Waals surface area (Å²) in [6.45, 7) is 6.98. The van der Waals surface area contributed by atoms with Crippen LogP contribution in [0.25, 0.3) is 0 Å². The SMILES string of the molecule is CNC(=S)NC1=NC2CC(C)(C)CC1(C)C2. The summed E-state index contributed by atoms with van der Waals surface area (Å²) in [6, 6.07) is 0.482. The summed E-state index contributed by atoms with van der Waals surface area (Å²) in [5, 5.41) is 6.87. The summed E-state index contributed by atoms with van der Waals surface area (Å²) >= 11 is 5.16. The summed E-state index contributed by atoms with van der Waals surface area (Å²) in [5.74, 6) is 1.09. The van der Waals surface area contributed by atoms with Gasteiger partial charge in [0.05, 0.1) is 6.04 Å². The fourth-order valence-electron chi connectivity index (χ4n) is 3.39. The number of nitrogens with one attached hydrogen (secondary N) is 2. The smallest absolute Gasteiger partial charge is 0.171 e. The molecule has 0 aromatic rings. The molecule has 2 N–H and O–H groups in total. The van der Waals surface area contributed by atoms with Crippen LogP contribution < -0.4 is 10.6 Å². The summed E-state index contributed by atoms with van der Waals surface area (Å²) in [4.78, 5) is 4.78. The molecule has 2 rings (SSSR count). The number of fused-ring (bicyclic) bond motifs is 2. The Morgan fingerprint density at radius 1 is 1.38 bits per heavy atom. The molecule has 2 aliphatic rings. The van der Waals surface area contributed by atoms with E-state index in [0.29, 0.717) is 16.6 Å². The van der Waals surface area contributed by atoms with Crippen molar-refractivity contribution in [2.45, 2.75) is 46.1 Å². The Bertz CT molecular complexity index is 348. The zero-order valence-corrected chi connectivity index (χ0v) is 11.4. The Hall–Kier alpha value is -0.640. The number of amidine groups is 1. The first-order valence-electron chi connectivity index (χ1n) is 5.92. The lowest BCUT2D eigenvalue weighted by atomic mass is 9.64. The minimum absolute atomic E-state index is 0.188. The summed E-state index contributed by atoms with van der Waals surface area (Å²) in [7, 11) is 1.84. The lowest BCUT2D eigenvalue weighted by Gasteiger charge is -2.40. The zero-order chi connectivity index (χ0) is 12.0. The number of nitrogens with zero attached hydrogens (tertiary/aromatic N) is 1. The van der Waals surface area contributed by atoms with Crippen LogP contribution in [0.5, 0.6) is 0 Å². The van der Waals surface area contributed by atoms with E-state index >= 15 is 0 Å². The van der Waals surface area contributed by atoms with Gasteiger partial charge in [0, 0.05) is 12.5 Å². The van der Waals surface area contributed by atoms with Crippen LogP contribution in [0.15, 0.2) is 4.99 Å². The molecule has 1 aliphatic heterocycles. The molecule has 3 nitrogen and oxygen atoms in total. The minimum Gasteiger partial charge on any atom is -0.365 e. The van der Waals surface area contributed by atoms with E-state index in [1.165, 1.54) is 19.3 Å². The third kappa shape index (κ3) is 2.08. The lowest BCUT2D eigenvalue weighted by Crippen LogP contribution is -2.46. The first-order valence-corrected chi connectivity index (χ1v) is 6.32. The molecule has 90 valence electrons. The predicted molar refractivity (Wildman–Crippen MR) is 71.8 cm³/mol. The van der Waals surface area contributed by atoms with Gasteiger partial charge >= 0.3 is 0 Å². The Morgan fingerprint density at radius 3 is 2.69 bits per heavy atom. The molecular formula is C12H21N3S. The van der Waals surface area contributed by atoms with E-state index in [9.17, 15) is 0 Å². The van der Waals surface area contributed by atoms with Crippen LogP contribution in [-0.2, 0) is 0 Å². The molecule has 2 unspecified atom stereocenters. The lowest BCUT2D eigenvalue weighted by molar-refractivity contribution is 0.152. The van der Waals surface area contributed by atoms with Gasteiger partial charge in [0.2, 0.25) is 0 Å². The van der Waals surface area contributed by atoms with Crippen LogP contribution in [-0.4, -0.2) is 24.0 Å². The number of thiocarbonyl (C=S) groups is 1. The van der Waals surface area contributed by atoms with Gasteiger partial charge in [0.1, 0.15) is 5.84 Å². The maximum Gasteiger partial charge on any atom is 0.171 e. The fourth-order valence-corrected chi connectivity index (χ4v) is 3.49. The predicted octanol–water partition coefficient (Wildman–Crippen LogP) is 2.08. The normalized spacial score (nSPS) is 35.5. The van der Waals surface area contributed by atoms with Crippen molar-refractivity contribution in [2.75, 3.05) is 7.05 Å². The van der Waals surface area contributed by atoms with Crippen molar-refractivity contribution in [2.24, 2.45) is 15.8 Å². The van der Waals surface area contributed by atoms with Crippen molar-refractivity contribution in [3.8, 4) is 0 Å². The van der Waals surface area contributed by atoms with Gasteiger partial charge in [-0.3, -0.25) is 4.99 Å². The third-order valence-corrected chi connectivity index (χ3v) is 3.99. The van der Waals surface area contributed by atoms with Gasteiger partial charge in [0.15, 0.2) is 5.11 Å². The molecule has 2 bridgehead atoms. The molecule has 1 saturated carbocycles. The van der Waals surface area contributed by atoms with Crippen LogP contribution in [0.1, 0.15) is 40.0 Å². The van der Waals surface area contributed by atoms with E-state index in [-0.39, 0.29) is 5.41 Å². The summed E-state index contributed by atoms with van der Waals surface area (Å²) in [5.41, 5.74) is 0.583. The second-order valence-electron chi connectivity index (χ2n) is 6.15. The molecule has 2 atom stereocenters. The van der Waals surface area contributed by atoms with Crippen LogP contribution >= 0.6 is 12.2 Å². The molecule has 0 radical (unpaired) electrons. The average Bonchev–Trinajstić information content (AvgIpc) is 2.35. The van der Waals surface area contributed by atoms with Crippen LogP contribution in [0.2, 0.25) is 0 Å². The van der Waals surface area contributed by atoms with Gasteiger partial charge in [-0.2, -0.15) is 0 Å². The van der Waals surface area contributed by atoms with E-state index in [0.717, 1.165) is 5.84 Å². The van der Waals surface area contributed by atoms with E-state index in [1.807, 2.05) is 7.05 Å². The molecule has 0 aromatic heterocycles. The summed E-state index contributed by atoms with van der Waals surface area (Å²) in [6.07, 6.45) is 3.56. The maximum atomic E-state index is 5.16. The van der Waals surface area contributed by atoms with E-state index in [4.69, 9.17) is 17.2 Å². The van der Waals surface area contributed by atoms with Crippen molar-refractivity contribution >= 4 is 23.2 Å². The van der Waals surface area contributed by atoms with Crippen molar-refractivity contribution in [3.05, 3.63) is 0 Å². The molecule has 0 aromatic carbocycles. The second-order valence-corrected chi connectivity index (χ2v) is 6.55. The first-order chi connectivity index (χ1) is 7.35. The zero-order valence-electron chi connectivity index (χ0n) is 10.6. The maximum absolute atomic E-state index is 5.16. The number of hydrogen-bond acceptors (Lipinski definition) is 2. The quantitative estimate of drug-likeness (QED) is 0.635. The average molecular weight is 239 g/mol. The van der Waals surface area contributed by atoms with Gasteiger partial charge < -0.3 is 10.6 Å². The van der Waals surface area contributed by atoms with Crippen LogP contribution in [0.3, 0.4) is 0 Å².